The molecule has 6 heteroatoms. The molecular formula is C14H20N4O2. The van der Waals surface area contributed by atoms with Gasteiger partial charge in [0.2, 0.25) is 11.8 Å². The summed E-state index contributed by atoms with van der Waals surface area (Å²) in [7, 11) is 0. The fourth-order valence-corrected chi connectivity index (χ4v) is 2.33. The molecule has 1 aliphatic rings. The lowest BCUT2D eigenvalue weighted by Gasteiger charge is -2.36. The number of piperazine rings is 1. The van der Waals surface area contributed by atoms with E-state index in [1.54, 1.807) is 26.0 Å². The number of hydrogen-bond donors (Lipinski definition) is 3. The topological polar surface area (TPSA) is 87.5 Å². The van der Waals surface area contributed by atoms with E-state index >= 15 is 0 Å². The number of nitrogen functional groups attached to an aromatic ring is 1. The molecule has 1 heterocycles. The summed E-state index contributed by atoms with van der Waals surface area (Å²) in [5.74, 6) is -0.209. The normalized spacial score (nSPS) is 21.1. The average Bonchev–Trinajstić information content (AvgIpc) is 2.43. The molecular weight excluding hydrogens is 256 g/mol. The van der Waals surface area contributed by atoms with Gasteiger partial charge in [0.15, 0.2) is 0 Å². The van der Waals surface area contributed by atoms with Crippen molar-refractivity contribution in [2.75, 3.05) is 24.1 Å². The maximum Gasteiger partial charge on any atom is 0.241 e. The molecule has 1 aliphatic heterocycles. The van der Waals surface area contributed by atoms with Crippen molar-refractivity contribution in [3.63, 3.8) is 0 Å². The Labute approximate surface area is 118 Å². The van der Waals surface area contributed by atoms with Crippen LogP contribution < -0.4 is 16.4 Å². The summed E-state index contributed by atoms with van der Waals surface area (Å²) in [4.78, 5) is 25.8. The first-order chi connectivity index (χ1) is 9.50. The number of benzene rings is 1. The summed E-state index contributed by atoms with van der Waals surface area (Å²) in [6.45, 7) is 4.82. The second-order valence-electron chi connectivity index (χ2n) is 4.96. The maximum atomic E-state index is 12.3. The van der Waals surface area contributed by atoms with Crippen LogP contribution in [0, 0.1) is 0 Å². The largest absolute Gasteiger partial charge is 0.397 e. The zero-order valence-electron chi connectivity index (χ0n) is 11.7. The summed E-state index contributed by atoms with van der Waals surface area (Å²) >= 11 is 0. The molecule has 1 fully saturated rings. The molecule has 0 saturated carbocycles. The minimum atomic E-state index is -0.393. The lowest BCUT2D eigenvalue weighted by molar-refractivity contribution is -0.132. The van der Waals surface area contributed by atoms with Crippen molar-refractivity contribution in [1.29, 1.82) is 0 Å². The molecule has 1 aromatic rings. The Bertz CT molecular complexity index is 518. The second kappa shape index (κ2) is 5.92. The van der Waals surface area contributed by atoms with Gasteiger partial charge in [-0.05, 0) is 26.0 Å². The molecule has 108 valence electrons. The molecule has 0 bridgehead atoms. The van der Waals surface area contributed by atoms with Crippen LogP contribution in [0.2, 0.25) is 0 Å². The van der Waals surface area contributed by atoms with Crippen molar-refractivity contribution in [3.8, 4) is 0 Å². The van der Waals surface area contributed by atoms with E-state index in [0.717, 1.165) is 0 Å². The number of hydrogen-bond acceptors (Lipinski definition) is 4. The van der Waals surface area contributed by atoms with Crippen molar-refractivity contribution < 1.29 is 9.59 Å². The number of rotatable bonds is 3. The van der Waals surface area contributed by atoms with E-state index in [2.05, 4.69) is 10.6 Å². The van der Waals surface area contributed by atoms with Gasteiger partial charge in [-0.15, -0.1) is 0 Å². The molecule has 0 aromatic heterocycles. The van der Waals surface area contributed by atoms with Gasteiger partial charge >= 0.3 is 0 Å². The maximum absolute atomic E-state index is 12.3. The van der Waals surface area contributed by atoms with Gasteiger partial charge < -0.3 is 16.4 Å². The van der Waals surface area contributed by atoms with Crippen LogP contribution in [0.4, 0.5) is 11.4 Å². The third-order valence-corrected chi connectivity index (χ3v) is 3.64. The third-order valence-electron chi connectivity index (χ3n) is 3.64. The van der Waals surface area contributed by atoms with Crippen LogP contribution in [0.3, 0.4) is 0 Å². The highest BCUT2D eigenvalue weighted by Gasteiger charge is 2.32. The molecule has 0 spiro atoms. The molecule has 2 atom stereocenters. The second-order valence-corrected chi connectivity index (χ2v) is 4.96. The van der Waals surface area contributed by atoms with Gasteiger partial charge in [-0.3, -0.25) is 14.5 Å². The summed E-state index contributed by atoms with van der Waals surface area (Å²) < 4.78 is 0. The first kappa shape index (κ1) is 14.3. The fourth-order valence-electron chi connectivity index (χ4n) is 2.33. The van der Waals surface area contributed by atoms with Crippen LogP contribution in [0.1, 0.15) is 13.8 Å². The van der Waals surface area contributed by atoms with Gasteiger partial charge in [-0.1, -0.05) is 12.1 Å². The van der Waals surface area contributed by atoms with Crippen molar-refractivity contribution in [2.45, 2.75) is 25.9 Å². The minimum absolute atomic E-state index is 0.0462. The first-order valence-corrected chi connectivity index (χ1v) is 6.69. The monoisotopic (exact) mass is 276 g/mol. The summed E-state index contributed by atoms with van der Waals surface area (Å²) in [5.41, 5.74) is 6.93. The third kappa shape index (κ3) is 2.91. The highest BCUT2D eigenvalue weighted by Crippen LogP contribution is 2.18. The summed E-state index contributed by atoms with van der Waals surface area (Å²) in [5, 5.41) is 5.59. The van der Waals surface area contributed by atoms with Gasteiger partial charge in [0, 0.05) is 13.1 Å². The van der Waals surface area contributed by atoms with Gasteiger partial charge in [0.25, 0.3) is 0 Å². The number of anilines is 2. The Morgan fingerprint density at radius 1 is 1.50 bits per heavy atom. The lowest BCUT2D eigenvalue weighted by atomic mass is 10.1. The molecule has 20 heavy (non-hydrogen) atoms. The number of nitrogens with one attached hydrogen (secondary N) is 2. The van der Waals surface area contributed by atoms with E-state index in [1.807, 2.05) is 17.0 Å². The molecule has 2 rings (SSSR count). The number of carbonyl (C=O) groups excluding carboxylic acids is 2. The van der Waals surface area contributed by atoms with Crippen molar-refractivity contribution in [3.05, 3.63) is 24.3 Å². The highest BCUT2D eigenvalue weighted by atomic mass is 16.2. The molecule has 1 aromatic carbocycles. The highest BCUT2D eigenvalue weighted by molar-refractivity contribution is 5.97. The Balaban J connectivity index is 2.05. The van der Waals surface area contributed by atoms with Crippen molar-refractivity contribution in [2.24, 2.45) is 0 Å². The molecule has 1 saturated heterocycles. The Morgan fingerprint density at radius 2 is 2.20 bits per heavy atom. The Morgan fingerprint density at radius 3 is 2.90 bits per heavy atom. The van der Waals surface area contributed by atoms with E-state index in [-0.39, 0.29) is 17.9 Å². The van der Waals surface area contributed by atoms with Gasteiger partial charge in [0.05, 0.1) is 23.5 Å². The van der Waals surface area contributed by atoms with Gasteiger partial charge in [-0.25, -0.2) is 0 Å². The van der Waals surface area contributed by atoms with E-state index < -0.39 is 6.04 Å². The average molecular weight is 276 g/mol. The quantitative estimate of drug-likeness (QED) is 0.698. The van der Waals surface area contributed by atoms with Crippen LogP contribution in [-0.2, 0) is 9.59 Å². The fraction of sp³-hybridized carbons (Fsp3) is 0.429. The van der Waals surface area contributed by atoms with Crippen LogP contribution in [-0.4, -0.2) is 41.9 Å². The summed E-state index contributed by atoms with van der Waals surface area (Å²) in [6, 6.07) is 6.41. The lowest BCUT2D eigenvalue weighted by Crippen LogP contribution is -2.58. The standard InChI is InChI=1S/C14H20N4O2/c1-9-13(19)16-7-8-18(9)10(2)14(20)17-12-6-4-3-5-11(12)15/h3-6,9-10H,7-8,15H2,1-2H3,(H,16,19)(H,17,20). The minimum Gasteiger partial charge on any atom is -0.397 e. The zero-order chi connectivity index (χ0) is 14.7. The van der Waals surface area contributed by atoms with E-state index in [4.69, 9.17) is 5.73 Å². The van der Waals surface area contributed by atoms with Crippen LogP contribution >= 0.6 is 0 Å². The SMILES string of the molecule is CC1C(=O)NCCN1C(C)C(=O)Nc1ccccc1N. The molecule has 6 nitrogen and oxygen atoms in total. The molecule has 2 unspecified atom stereocenters. The van der Waals surface area contributed by atoms with Crippen LogP contribution in [0.5, 0.6) is 0 Å². The number of nitrogens with zero attached hydrogens (tertiary/aromatic N) is 1. The predicted molar refractivity (Wildman–Crippen MR) is 78.1 cm³/mol. The van der Waals surface area contributed by atoms with Gasteiger partial charge in [-0.2, -0.15) is 0 Å². The number of para-hydroxylation sites is 2. The Kier molecular flexibility index (Phi) is 4.24. The summed E-state index contributed by atoms with van der Waals surface area (Å²) in [6.07, 6.45) is 0. The predicted octanol–water partition coefficient (Wildman–Crippen LogP) is 0.416. The number of amides is 2. The molecule has 0 aliphatic carbocycles. The number of carbonyl (C=O) groups is 2. The van der Waals surface area contributed by atoms with Crippen LogP contribution in [0.25, 0.3) is 0 Å². The van der Waals surface area contributed by atoms with Gasteiger partial charge in [0.1, 0.15) is 0 Å². The molecule has 2 amide bonds. The first-order valence-electron chi connectivity index (χ1n) is 6.69. The van der Waals surface area contributed by atoms with E-state index in [0.29, 0.717) is 24.5 Å². The van der Waals surface area contributed by atoms with E-state index in [9.17, 15) is 9.59 Å². The smallest absolute Gasteiger partial charge is 0.241 e. The molecule has 4 N–H and O–H groups in total. The van der Waals surface area contributed by atoms with E-state index in [1.165, 1.54) is 0 Å². The van der Waals surface area contributed by atoms with Crippen molar-refractivity contribution in [1.82, 2.24) is 10.2 Å². The van der Waals surface area contributed by atoms with Crippen LogP contribution in [0.15, 0.2) is 24.3 Å². The Hall–Kier alpha value is -2.08. The number of nitrogens with two attached hydrogens (primary N) is 1. The van der Waals surface area contributed by atoms with Crippen molar-refractivity contribution >= 4 is 23.2 Å². The molecule has 0 radical (unpaired) electrons. The zero-order valence-corrected chi connectivity index (χ0v) is 11.7.